The van der Waals surface area contributed by atoms with Gasteiger partial charge >= 0.3 is 0 Å². The minimum Gasteiger partial charge on any atom is -0.489 e. The Kier molecular flexibility index (Phi) is 5.06. The van der Waals surface area contributed by atoms with E-state index in [0.717, 1.165) is 5.75 Å². The first-order valence-corrected chi connectivity index (χ1v) is 7.21. The summed E-state index contributed by atoms with van der Waals surface area (Å²) >= 11 is 0. The number of rotatable bonds is 3. The number of nitrogens with one attached hydrogen (secondary N) is 1. The molecule has 18 heavy (non-hydrogen) atoms. The lowest BCUT2D eigenvalue weighted by Gasteiger charge is -2.30. The number of aryl methyl sites for hydroxylation is 1. The molecule has 0 aromatic heterocycles. The number of para-hydroxylation sites is 1. The van der Waals surface area contributed by atoms with E-state index in [4.69, 9.17) is 4.74 Å². The number of ether oxygens (including phenoxy) is 1. The molecule has 1 aromatic rings. The Bertz CT molecular complexity index is 364. The van der Waals surface area contributed by atoms with Crippen LogP contribution in [0.4, 0.5) is 0 Å². The van der Waals surface area contributed by atoms with Crippen molar-refractivity contribution in [1.29, 1.82) is 0 Å². The van der Waals surface area contributed by atoms with Crippen LogP contribution >= 0.6 is 0 Å². The fourth-order valence-electron chi connectivity index (χ4n) is 2.77. The third-order valence-electron chi connectivity index (χ3n) is 3.95. The topological polar surface area (TPSA) is 21.3 Å². The second kappa shape index (κ2) is 6.79. The van der Waals surface area contributed by atoms with E-state index in [9.17, 15) is 0 Å². The molecule has 0 radical (unpaired) electrons. The molecular formula is C16H25NO. The summed E-state index contributed by atoms with van der Waals surface area (Å²) in [5.41, 5.74) is 1.23. The first-order valence-electron chi connectivity index (χ1n) is 7.21. The van der Waals surface area contributed by atoms with Crippen LogP contribution in [0.25, 0.3) is 0 Å². The molecule has 1 aliphatic rings. The van der Waals surface area contributed by atoms with Gasteiger partial charge in [0.15, 0.2) is 0 Å². The minimum atomic E-state index is 0.316. The molecule has 1 aromatic carbocycles. The summed E-state index contributed by atoms with van der Waals surface area (Å²) in [5, 5.41) is 3.44. The number of benzene rings is 1. The molecule has 100 valence electrons. The van der Waals surface area contributed by atoms with E-state index in [1.807, 2.05) is 0 Å². The van der Waals surface area contributed by atoms with Gasteiger partial charge in [0.25, 0.3) is 0 Å². The van der Waals surface area contributed by atoms with Crippen LogP contribution in [-0.2, 0) is 0 Å². The van der Waals surface area contributed by atoms with Crippen molar-refractivity contribution in [3.8, 4) is 5.75 Å². The normalized spacial score (nSPS) is 25.2. The Balaban J connectivity index is 2.06. The zero-order chi connectivity index (χ0) is 12.8. The van der Waals surface area contributed by atoms with Crippen molar-refractivity contribution in [1.82, 2.24) is 5.32 Å². The summed E-state index contributed by atoms with van der Waals surface area (Å²) in [6.07, 6.45) is 8.04. The molecule has 0 spiro atoms. The van der Waals surface area contributed by atoms with Crippen LogP contribution in [0, 0.1) is 6.92 Å². The van der Waals surface area contributed by atoms with Gasteiger partial charge in [-0.1, -0.05) is 37.5 Å². The van der Waals surface area contributed by atoms with E-state index in [1.165, 1.54) is 44.1 Å². The largest absolute Gasteiger partial charge is 0.489 e. The van der Waals surface area contributed by atoms with Crippen molar-refractivity contribution >= 4 is 0 Å². The molecule has 0 heterocycles. The van der Waals surface area contributed by atoms with Gasteiger partial charge in [-0.05, 0) is 44.9 Å². The van der Waals surface area contributed by atoms with Gasteiger partial charge in [-0.3, -0.25) is 0 Å². The molecule has 0 saturated heterocycles. The Labute approximate surface area is 111 Å². The molecule has 2 unspecified atom stereocenters. The van der Waals surface area contributed by atoms with Crippen molar-refractivity contribution in [3.63, 3.8) is 0 Å². The summed E-state index contributed by atoms with van der Waals surface area (Å²) < 4.78 is 6.26. The number of likely N-dealkylation sites (N-methyl/N-ethyl adjacent to an activating group) is 1. The van der Waals surface area contributed by atoms with Crippen molar-refractivity contribution in [2.24, 2.45) is 0 Å². The van der Waals surface area contributed by atoms with Gasteiger partial charge in [0.2, 0.25) is 0 Å². The average molecular weight is 247 g/mol. The maximum atomic E-state index is 6.26. The van der Waals surface area contributed by atoms with Gasteiger partial charge in [-0.15, -0.1) is 0 Å². The summed E-state index contributed by atoms with van der Waals surface area (Å²) in [5.74, 6) is 1.04. The first-order chi connectivity index (χ1) is 8.81. The van der Waals surface area contributed by atoms with Crippen LogP contribution in [-0.4, -0.2) is 19.2 Å². The van der Waals surface area contributed by atoms with Gasteiger partial charge in [0, 0.05) is 6.04 Å². The highest BCUT2D eigenvalue weighted by Crippen LogP contribution is 2.24. The van der Waals surface area contributed by atoms with Crippen LogP contribution in [0.1, 0.15) is 44.1 Å². The predicted molar refractivity (Wildman–Crippen MR) is 76.1 cm³/mol. The average Bonchev–Trinajstić information content (AvgIpc) is 2.35. The molecule has 2 atom stereocenters. The molecular weight excluding hydrogens is 222 g/mol. The van der Waals surface area contributed by atoms with E-state index in [2.05, 4.69) is 43.6 Å². The zero-order valence-corrected chi connectivity index (χ0v) is 11.6. The minimum absolute atomic E-state index is 0.316. The smallest absolute Gasteiger partial charge is 0.122 e. The van der Waals surface area contributed by atoms with Gasteiger partial charge < -0.3 is 10.1 Å². The maximum Gasteiger partial charge on any atom is 0.122 e. The SMILES string of the molecule is CNC1CCCCCCC1Oc1ccccc1C. The van der Waals surface area contributed by atoms with E-state index in [0.29, 0.717) is 12.1 Å². The fraction of sp³-hybridized carbons (Fsp3) is 0.625. The van der Waals surface area contributed by atoms with Crippen LogP contribution in [0.5, 0.6) is 5.75 Å². The molecule has 2 heteroatoms. The summed E-state index contributed by atoms with van der Waals surface area (Å²) in [6.45, 7) is 2.12. The Morgan fingerprint density at radius 3 is 2.50 bits per heavy atom. The Morgan fingerprint density at radius 1 is 1.06 bits per heavy atom. The fourth-order valence-corrected chi connectivity index (χ4v) is 2.77. The van der Waals surface area contributed by atoms with E-state index < -0.39 is 0 Å². The van der Waals surface area contributed by atoms with Gasteiger partial charge in [-0.25, -0.2) is 0 Å². The first kappa shape index (κ1) is 13.4. The highest BCUT2D eigenvalue weighted by Gasteiger charge is 2.23. The quantitative estimate of drug-likeness (QED) is 0.879. The van der Waals surface area contributed by atoms with Crippen LogP contribution in [0.3, 0.4) is 0 Å². The number of hydrogen-bond donors (Lipinski definition) is 1. The second-order valence-corrected chi connectivity index (χ2v) is 5.31. The third-order valence-corrected chi connectivity index (χ3v) is 3.95. The van der Waals surface area contributed by atoms with Gasteiger partial charge in [-0.2, -0.15) is 0 Å². The van der Waals surface area contributed by atoms with Crippen molar-refractivity contribution in [2.75, 3.05) is 7.05 Å². The van der Waals surface area contributed by atoms with E-state index in [-0.39, 0.29) is 0 Å². The Morgan fingerprint density at radius 2 is 1.78 bits per heavy atom. The molecule has 1 saturated carbocycles. The number of hydrogen-bond acceptors (Lipinski definition) is 2. The van der Waals surface area contributed by atoms with E-state index >= 15 is 0 Å². The molecule has 0 bridgehead atoms. The van der Waals surface area contributed by atoms with Crippen molar-refractivity contribution in [2.45, 2.75) is 57.6 Å². The van der Waals surface area contributed by atoms with Crippen LogP contribution < -0.4 is 10.1 Å². The van der Waals surface area contributed by atoms with Crippen molar-refractivity contribution in [3.05, 3.63) is 29.8 Å². The molecule has 2 rings (SSSR count). The summed E-state index contributed by atoms with van der Waals surface area (Å²) in [7, 11) is 2.06. The van der Waals surface area contributed by atoms with Gasteiger partial charge in [0.05, 0.1) is 0 Å². The highest BCUT2D eigenvalue weighted by molar-refractivity contribution is 5.32. The molecule has 1 aliphatic carbocycles. The molecule has 1 N–H and O–H groups in total. The zero-order valence-electron chi connectivity index (χ0n) is 11.6. The lowest BCUT2D eigenvalue weighted by molar-refractivity contribution is 0.130. The standard InChI is InChI=1S/C16H25NO/c1-13-9-7-8-11-15(13)18-16-12-6-4-3-5-10-14(16)17-2/h7-9,11,14,16-17H,3-6,10,12H2,1-2H3. The van der Waals surface area contributed by atoms with Gasteiger partial charge in [0.1, 0.15) is 11.9 Å². The molecule has 1 fully saturated rings. The molecule has 0 aliphatic heterocycles. The third kappa shape index (κ3) is 3.49. The summed E-state index contributed by atoms with van der Waals surface area (Å²) in [4.78, 5) is 0. The lowest BCUT2D eigenvalue weighted by Crippen LogP contribution is -2.42. The van der Waals surface area contributed by atoms with Crippen LogP contribution in [0.2, 0.25) is 0 Å². The maximum absolute atomic E-state index is 6.26. The second-order valence-electron chi connectivity index (χ2n) is 5.31. The molecule has 0 amide bonds. The monoisotopic (exact) mass is 247 g/mol. The van der Waals surface area contributed by atoms with Crippen LogP contribution in [0.15, 0.2) is 24.3 Å². The van der Waals surface area contributed by atoms with E-state index in [1.54, 1.807) is 0 Å². The van der Waals surface area contributed by atoms with Crippen molar-refractivity contribution < 1.29 is 4.74 Å². The highest BCUT2D eigenvalue weighted by atomic mass is 16.5. The lowest BCUT2D eigenvalue weighted by atomic mass is 9.94. The Hall–Kier alpha value is -1.02. The predicted octanol–water partition coefficient (Wildman–Crippen LogP) is 3.68. The molecule has 2 nitrogen and oxygen atoms in total. The summed E-state index contributed by atoms with van der Waals surface area (Å²) in [6, 6.07) is 8.81.